The van der Waals surface area contributed by atoms with E-state index in [9.17, 15) is 9.59 Å². The summed E-state index contributed by atoms with van der Waals surface area (Å²) in [6.45, 7) is 3.73. The van der Waals surface area contributed by atoms with Crippen molar-refractivity contribution in [1.82, 2.24) is 25.1 Å². The molecule has 30 heavy (non-hydrogen) atoms. The second kappa shape index (κ2) is 9.08. The SMILES string of the molecule is CCC(C(=O)N(C)Cc1cc(C(=O)OC)c(C)o1)n1nnc(-c2ccc(Cl)cc2)n1. The van der Waals surface area contributed by atoms with Crippen LogP contribution in [0.1, 0.15) is 41.3 Å². The smallest absolute Gasteiger partial charge is 0.341 e. The summed E-state index contributed by atoms with van der Waals surface area (Å²) in [6.07, 6.45) is 0.476. The van der Waals surface area contributed by atoms with Crippen LogP contribution in [-0.4, -0.2) is 51.1 Å². The largest absolute Gasteiger partial charge is 0.465 e. The lowest BCUT2D eigenvalue weighted by molar-refractivity contribution is -0.135. The maximum absolute atomic E-state index is 13.0. The molecular weight excluding hydrogens is 410 g/mol. The van der Waals surface area contributed by atoms with E-state index in [4.69, 9.17) is 20.8 Å². The zero-order valence-corrected chi connectivity index (χ0v) is 17.9. The van der Waals surface area contributed by atoms with Crippen LogP contribution < -0.4 is 0 Å². The Bertz CT molecular complexity index is 1040. The fourth-order valence-corrected chi connectivity index (χ4v) is 3.13. The van der Waals surface area contributed by atoms with Gasteiger partial charge in [-0.2, -0.15) is 4.80 Å². The van der Waals surface area contributed by atoms with Gasteiger partial charge >= 0.3 is 5.97 Å². The van der Waals surface area contributed by atoms with Crippen LogP contribution >= 0.6 is 11.6 Å². The van der Waals surface area contributed by atoms with Gasteiger partial charge in [0.25, 0.3) is 0 Å². The zero-order chi connectivity index (χ0) is 21.8. The quantitative estimate of drug-likeness (QED) is 0.528. The van der Waals surface area contributed by atoms with Crippen molar-refractivity contribution < 1.29 is 18.7 Å². The van der Waals surface area contributed by atoms with Crippen molar-refractivity contribution >= 4 is 23.5 Å². The van der Waals surface area contributed by atoms with Gasteiger partial charge in [-0.3, -0.25) is 4.79 Å². The summed E-state index contributed by atoms with van der Waals surface area (Å²) in [4.78, 5) is 27.6. The summed E-state index contributed by atoms with van der Waals surface area (Å²) in [6, 6.07) is 8.01. The number of amides is 1. The number of furan rings is 1. The Kier molecular flexibility index (Phi) is 6.51. The molecule has 3 rings (SSSR count). The number of tetrazole rings is 1. The molecule has 1 aromatic carbocycles. The van der Waals surface area contributed by atoms with Gasteiger partial charge in [0, 0.05) is 17.6 Å². The zero-order valence-electron chi connectivity index (χ0n) is 17.1. The first-order valence-electron chi connectivity index (χ1n) is 9.32. The Morgan fingerprint density at radius 3 is 2.63 bits per heavy atom. The van der Waals surface area contributed by atoms with Crippen LogP contribution in [0.2, 0.25) is 5.02 Å². The minimum atomic E-state index is -0.625. The number of esters is 1. The molecule has 1 unspecified atom stereocenters. The van der Waals surface area contributed by atoms with Gasteiger partial charge in [-0.25, -0.2) is 4.79 Å². The third-order valence-electron chi connectivity index (χ3n) is 4.62. The van der Waals surface area contributed by atoms with E-state index in [-0.39, 0.29) is 12.5 Å². The van der Waals surface area contributed by atoms with Crippen LogP contribution in [0.15, 0.2) is 34.7 Å². The highest BCUT2D eigenvalue weighted by atomic mass is 35.5. The van der Waals surface area contributed by atoms with E-state index < -0.39 is 12.0 Å². The summed E-state index contributed by atoms with van der Waals surface area (Å²) in [5.41, 5.74) is 1.09. The van der Waals surface area contributed by atoms with Crippen LogP contribution in [0.5, 0.6) is 0 Å². The third-order valence-corrected chi connectivity index (χ3v) is 4.88. The van der Waals surface area contributed by atoms with E-state index in [1.54, 1.807) is 44.3 Å². The standard InChI is InChI=1S/C20H22ClN5O4/c1-5-17(26-23-18(22-24-26)13-6-8-14(21)9-7-13)19(27)25(3)11-15-10-16(12(2)30-15)20(28)29-4/h6-10,17H,5,11H2,1-4H3. The Hall–Kier alpha value is -3.20. The van der Waals surface area contributed by atoms with Gasteiger partial charge in [0.2, 0.25) is 11.7 Å². The first-order chi connectivity index (χ1) is 14.3. The fraction of sp³-hybridized carbons (Fsp3) is 0.350. The molecule has 1 amide bonds. The summed E-state index contributed by atoms with van der Waals surface area (Å²) < 4.78 is 10.3. The molecule has 0 bridgehead atoms. The number of hydrogen-bond donors (Lipinski definition) is 0. The molecule has 0 aliphatic carbocycles. The molecule has 0 N–H and O–H groups in total. The Morgan fingerprint density at radius 2 is 2.00 bits per heavy atom. The number of hydrogen-bond acceptors (Lipinski definition) is 7. The Morgan fingerprint density at radius 1 is 1.30 bits per heavy atom. The molecule has 0 spiro atoms. The van der Waals surface area contributed by atoms with Crippen molar-refractivity contribution in [2.75, 3.05) is 14.2 Å². The lowest BCUT2D eigenvalue weighted by Crippen LogP contribution is -2.34. The lowest BCUT2D eigenvalue weighted by atomic mass is 10.2. The second-order valence-electron chi connectivity index (χ2n) is 6.73. The molecule has 158 valence electrons. The molecule has 10 heteroatoms. The average molecular weight is 432 g/mol. The van der Waals surface area contributed by atoms with Gasteiger partial charge in [0.1, 0.15) is 17.1 Å². The molecule has 0 saturated carbocycles. The highest BCUT2D eigenvalue weighted by molar-refractivity contribution is 6.30. The second-order valence-corrected chi connectivity index (χ2v) is 7.17. The van der Waals surface area contributed by atoms with E-state index in [0.29, 0.717) is 34.4 Å². The molecule has 0 radical (unpaired) electrons. The molecule has 0 aliphatic heterocycles. The van der Waals surface area contributed by atoms with Gasteiger partial charge in [-0.05, 0) is 48.9 Å². The van der Waals surface area contributed by atoms with Crippen molar-refractivity contribution in [3.05, 3.63) is 52.4 Å². The van der Waals surface area contributed by atoms with E-state index in [0.717, 1.165) is 5.56 Å². The summed E-state index contributed by atoms with van der Waals surface area (Å²) in [5, 5.41) is 13.1. The molecule has 2 aromatic heterocycles. The maximum Gasteiger partial charge on any atom is 0.341 e. The predicted octanol–water partition coefficient (Wildman–Crippen LogP) is 3.29. The number of carbonyl (C=O) groups is 2. The van der Waals surface area contributed by atoms with Crippen molar-refractivity contribution in [3.8, 4) is 11.4 Å². The molecule has 9 nitrogen and oxygen atoms in total. The van der Waals surface area contributed by atoms with Gasteiger partial charge in [0.15, 0.2) is 6.04 Å². The van der Waals surface area contributed by atoms with E-state index in [1.807, 2.05) is 6.92 Å². The minimum Gasteiger partial charge on any atom is -0.465 e. The lowest BCUT2D eigenvalue weighted by Gasteiger charge is -2.21. The maximum atomic E-state index is 13.0. The molecule has 0 saturated heterocycles. The molecule has 0 fully saturated rings. The molecule has 1 atom stereocenters. The van der Waals surface area contributed by atoms with Crippen molar-refractivity contribution in [2.24, 2.45) is 0 Å². The number of aryl methyl sites for hydroxylation is 1. The number of nitrogens with zero attached hydrogens (tertiary/aromatic N) is 5. The van der Waals surface area contributed by atoms with Crippen LogP contribution in [0, 0.1) is 6.92 Å². The number of benzene rings is 1. The minimum absolute atomic E-state index is 0.186. The van der Waals surface area contributed by atoms with E-state index in [2.05, 4.69) is 15.4 Å². The Balaban J connectivity index is 1.74. The van der Waals surface area contributed by atoms with Crippen LogP contribution in [0.3, 0.4) is 0 Å². The molecular formula is C20H22ClN5O4. The van der Waals surface area contributed by atoms with Crippen molar-refractivity contribution in [1.29, 1.82) is 0 Å². The third kappa shape index (κ3) is 4.51. The fourth-order valence-electron chi connectivity index (χ4n) is 3.01. The number of aromatic nitrogens is 4. The summed E-state index contributed by atoms with van der Waals surface area (Å²) in [5.74, 6) is 0.642. The van der Waals surface area contributed by atoms with Crippen molar-refractivity contribution in [2.45, 2.75) is 32.9 Å². The number of methoxy groups -OCH3 is 1. The predicted molar refractivity (Wildman–Crippen MR) is 109 cm³/mol. The van der Waals surface area contributed by atoms with Gasteiger partial charge < -0.3 is 14.1 Å². The number of rotatable bonds is 7. The first kappa shape index (κ1) is 21.5. The van der Waals surface area contributed by atoms with Gasteiger partial charge in [-0.1, -0.05) is 18.5 Å². The topological polar surface area (TPSA) is 103 Å². The summed E-state index contributed by atoms with van der Waals surface area (Å²) >= 11 is 5.91. The first-order valence-corrected chi connectivity index (χ1v) is 9.69. The molecule has 0 aliphatic rings. The highest BCUT2D eigenvalue weighted by Crippen LogP contribution is 2.21. The molecule has 3 aromatic rings. The van der Waals surface area contributed by atoms with Gasteiger partial charge in [-0.15, -0.1) is 10.2 Å². The monoisotopic (exact) mass is 431 g/mol. The Labute approximate surface area is 178 Å². The number of ether oxygens (including phenoxy) is 1. The van der Waals surface area contributed by atoms with Crippen LogP contribution in [-0.2, 0) is 16.1 Å². The van der Waals surface area contributed by atoms with Gasteiger partial charge in [0.05, 0.1) is 13.7 Å². The van der Waals surface area contributed by atoms with Crippen LogP contribution in [0.25, 0.3) is 11.4 Å². The average Bonchev–Trinajstić information content (AvgIpc) is 3.35. The van der Waals surface area contributed by atoms with E-state index in [1.165, 1.54) is 16.8 Å². The highest BCUT2D eigenvalue weighted by Gasteiger charge is 2.26. The summed E-state index contributed by atoms with van der Waals surface area (Å²) in [7, 11) is 2.96. The molecule has 2 heterocycles. The van der Waals surface area contributed by atoms with E-state index >= 15 is 0 Å². The number of carbonyl (C=O) groups excluding carboxylic acids is 2. The van der Waals surface area contributed by atoms with Crippen molar-refractivity contribution in [3.63, 3.8) is 0 Å². The number of halogens is 1. The van der Waals surface area contributed by atoms with Crippen LogP contribution in [0.4, 0.5) is 0 Å². The number of likely N-dealkylation sites (N-methyl/N-ethyl adjacent to an activating group) is 1. The normalized spacial score (nSPS) is 11.9.